The molecule has 0 aromatic rings. The first-order valence-corrected chi connectivity index (χ1v) is 7.44. The first kappa shape index (κ1) is 13.8. The summed E-state index contributed by atoms with van der Waals surface area (Å²) < 4.78 is 0. The molecule has 1 saturated carbocycles. The SMILES string of the molecule is CN1CCN(CCNC(=O)C2CCCCC2)CC1. The minimum atomic E-state index is 0.295. The van der Waals surface area contributed by atoms with Crippen molar-refractivity contribution in [2.45, 2.75) is 32.1 Å². The number of nitrogens with zero attached hydrogens (tertiary/aromatic N) is 2. The Labute approximate surface area is 111 Å². The van der Waals surface area contributed by atoms with Gasteiger partial charge in [0.15, 0.2) is 0 Å². The van der Waals surface area contributed by atoms with E-state index in [9.17, 15) is 4.79 Å². The Kier molecular flexibility index (Phi) is 5.45. The minimum absolute atomic E-state index is 0.295. The summed E-state index contributed by atoms with van der Waals surface area (Å²) >= 11 is 0. The molecule has 0 bridgehead atoms. The van der Waals surface area contributed by atoms with Gasteiger partial charge in [0, 0.05) is 45.2 Å². The number of piperazine rings is 1. The standard InChI is InChI=1S/C14H27N3O/c1-16-9-11-17(12-10-16)8-7-15-14(18)13-5-3-2-4-6-13/h13H,2-12H2,1H3,(H,15,18). The highest BCUT2D eigenvalue weighted by molar-refractivity contribution is 5.78. The van der Waals surface area contributed by atoms with E-state index < -0.39 is 0 Å². The van der Waals surface area contributed by atoms with Gasteiger partial charge in [0.2, 0.25) is 5.91 Å². The number of amides is 1. The van der Waals surface area contributed by atoms with Crippen molar-refractivity contribution in [2.75, 3.05) is 46.3 Å². The van der Waals surface area contributed by atoms with Gasteiger partial charge in [0.05, 0.1) is 0 Å². The topological polar surface area (TPSA) is 35.6 Å². The van der Waals surface area contributed by atoms with Crippen molar-refractivity contribution >= 4 is 5.91 Å². The van der Waals surface area contributed by atoms with Crippen LogP contribution in [-0.4, -0.2) is 62.0 Å². The second-order valence-electron chi connectivity index (χ2n) is 5.77. The lowest BCUT2D eigenvalue weighted by atomic mass is 9.89. The fraction of sp³-hybridized carbons (Fsp3) is 0.929. The zero-order valence-electron chi connectivity index (χ0n) is 11.7. The van der Waals surface area contributed by atoms with Crippen molar-refractivity contribution < 1.29 is 4.79 Å². The molecule has 0 aromatic carbocycles. The first-order valence-electron chi connectivity index (χ1n) is 7.44. The number of carbonyl (C=O) groups is 1. The van der Waals surface area contributed by atoms with Crippen molar-refractivity contribution in [3.05, 3.63) is 0 Å². The van der Waals surface area contributed by atoms with Gasteiger partial charge in [-0.05, 0) is 19.9 Å². The highest BCUT2D eigenvalue weighted by Gasteiger charge is 2.21. The quantitative estimate of drug-likeness (QED) is 0.809. The van der Waals surface area contributed by atoms with E-state index in [1.165, 1.54) is 19.3 Å². The molecular formula is C14H27N3O. The molecule has 1 aliphatic heterocycles. The number of nitrogens with one attached hydrogen (secondary N) is 1. The van der Waals surface area contributed by atoms with E-state index in [4.69, 9.17) is 0 Å². The number of hydrogen-bond acceptors (Lipinski definition) is 3. The number of hydrogen-bond donors (Lipinski definition) is 1. The molecule has 4 heteroatoms. The van der Waals surface area contributed by atoms with Crippen LogP contribution in [0.1, 0.15) is 32.1 Å². The third-order valence-corrected chi connectivity index (χ3v) is 4.30. The van der Waals surface area contributed by atoms with Crippen molar-refractivity contribution in [1.29, 1.82) is 0 Å². The van der Waals surface area contributed by atoms with E-state index in [1.54, 1.807) is 0 Å². The Hall–Kier alpha value is -0.610. The van der Waals surface area contributed by atoms with Gasteiger partial charge in [0.25, 0.3) is 0 Å². The van der Waals surface area contributed by atoms with Crippen molar-refractivity contribution in [1.82, 2.24) is 15.1 Å². The highest BCUT2D eigenvalue weighted by Crippen LogP contribution is 2.23. The Bertz CT molecular complexity index is 256. The van der Waals surface area contributed by atoms with Crippen molar-refractivity contribution in [3.63, 3.8) is 0 Å². The molecule has 2 rings (SSSR count). The molecule has 2 fully saturated rings. The molecule has 2 aliphatic rings. The smallest absolute Gasteiger partial charge is 0.223 e. The maximum Gasteiger partial charge on any atom is 0.223 e. The summed E-state index contributed by atoms with van der Waals surface area (Å²) in [6, 6.07) is 0. The molecule has 1 aliphatic carbocycles. The van der Waals surface area contributed by atoms with Crippen molar-refractivity contribution in [2.24, 2.45) is 5.92 Å². The summed E-state index contributed by atoms with van der Waals surface area (Å²) in [6.45, 7) is 6.39. The van der Waals surface area contributed by atoms with Crippen molar-refractivity contribution in [3.8, 4) is 0 Å². The molecule has 104 valence electrons. The number of carbonyl (C=O) groups excluding carboxylic acids is 1. The summed E-state index contributed by atoms with van der Waals surface area (Å²) in [5.74, 6) is 0.593. The maximum absolute atomic E-state index is 12.0. The molecule has 1 amide bonds. The monoisotopic (exact) mass is 253 g/mol. The predicted octanol–water partition coefficient (Wildman–Crippen LogP) is 0.930. The van der Waals surface area contributed by atoms with E-state index in [1.807, 2.05) is 0 Å². The van der Waals surface area contributed by atoms with Gasteiger partial charge < -0.3 is 10.2 Å². The van der Waals surface area contributed by atoms with Gasteiger partial charge in [-0.15, -0.1) is 0 Å². The van der Waals surface area contributed by atoms with E-state index in [2.05, 4.69) is 22.2 Å². The Morgan fingerprint density at radius 3 is 2.44 bits per heavy atom. The second-order valence-corrected chi connectivity index (χ2v) is 5.77. The zero-order valence-corrected chi connectivity index (χ0v) is 11.7. The zero-order chi connectivity index (χ0) is 12.8. The molecule has 0 atom stereocenters. The van der Waals surface area contributed by atoms with Gasteiger partial charge >= 0.3 is 0 Å². The van der Waals surface area contributed by atoms with Gasteiger partial charge in [0.1, 0.15) is 0 Å². The fourth-order valence-electron chi connectivity index (χ4n) is 2.92. The molecule has 18 heavy (non-hydrogen) atoms. The third-order valence-electron chi connectivity index (χ3n) is 4.30. The Morgan fingerprint density at radius 2 is 1.78 bits per heavy atom. The van der Waals surface area contributed by atoms with Crippen LogP contribution in [0, 0.1) is 5.92 Å². The fourth-order valence-corrected chi connectivity index (χ4v) is 2.92. The lowest BCUT2D eigenvalue weighted by Gasteiger charge is -2.32. The first-order chi connectivity index (χ1) is 8.75. The van der Waals surface area contributed by atoms with Crippen LogP contribution in [0.25, 0.3) is 0 Å². The van der Waals surface area contributed by atoms with E-state index in [-0.39, 0.29) is 0 Å². The highest BCUT2D eigenvalue weighted by atomic mass is 16.1. The summed E-state index contributed by atoms with van der Waals surface area (Å²) in [5, 5.41) is 3.12. The molecule has 0 radical (unpaired) electrons. The molecule has 1 saturated heterocycles. The maximum atomic E-state index is 12.0. The Morgan fingerprint density at radius 1 is 1.11 bits per heavy atom. The molecule has 0 unspecified atom stereocenters. The van der Waals surface area contributed by atoms with Gasteiger partial charge in [-0.3, -0.25) is 9.69 Å². The van der Waals surface area contributed by atoms with Crippen LogP contribution in [0.4, 0.5) is 0 Å². The van der Waals surface area contributed by atoms with Crippen LogP contribution in [0.15, 0.2) is 0 Å². The molecule has 0 aromatic heterocycles. The summed E-state index contributed by atoms with van der Waals surface area (Å²) in [6.07, 6.45) is 5.97. The largest absolute Gasteiger partial charge is 0.355 e. The average Bonchev–Trinajstić information content (AvgIpc) is 2.42. The minimum Gasteiger partial charge on any atom is -0.355 e. The average molecular weight is 253 g/mol. The van der Waals surface area contributed by atoms with Gasteiger partial charge in [-0.25, -0.2) is 0 Å². The van der Waals surface area contributed by atoms with Gasteiger partial charge in [-0.1, -0.05) is 19.3 Å². The van der Waals surface area contributed by atoms with Crippen LogP contribution in [0.5, 0.6) is 0 Å². The number of rotatable bonds is 4. The predicted molar refractivity (Wildman–Crippen MR) is 73.5 cm³/mol. The molecular weight excluding hydrogens is 226 g/mol. The Balaban J connectivity index is 1.58. The van der Waals surface area contributed by atoms with E-state index in [0.29, 0.717) is 11.8 Å². The lowest BCUT2D eigenvalue weighted by molar-refractivity contribution is -0.125. The summed E-state index contributed by atoms with van der Waals surface area (Å²) in [4.78, 5) is 16.8. The van der Waals surface area contributed by atoms with Crippen LogP contribution < -0.4 is 5.32 Å². The normalized spacial score (nSPS) is 24.1. The van der Waals surface area contributed by atoms with Gasteiger partial charge in [-0.2, -0.15) is 0 Å². The molecule has 1 N–H and O–H groups in total. The summed E-state index contributed by atoms with van der Waals surface area (Å²) in [5.41, 5.74) is 0. The second kappa shape index (κ2) is 7.10. The number of likely N-dealkylation sites (N-methyl/N-ethyl adjacent to an activating group) is 1. The van der Waals surface area contributed by atoms with E-state index >= 15 is 0 Å². The molecule has 0 spiro atoms. The molecule has 1 heterocycles. The molecule has 4 nitrogen and oxygen atoms in total. The lowest BCUT2D eigenvalue weighted by Crippen LogP contribution is -2.47. The summed E-state index contributed by atoms with van der Waals surface area (Å²) in [7, 11) is 2.17. The third kappa shape index (κ3) is 4.25. The van der Waals surface area contributed by atoms with E-state index in [0.717, 1.165) is 52.1 Å². The van der Waals surface area contributed by atoms with Crippen LogP contribution in [0.3, 0.4) is 0 Å². The van der Waals surface area contributed by atoms with Crippen LogP contribution in [0.2, 0.25) is 0 Å². The van der Waals surface area contributed by atoms with Crippen LogP contribution in [-0.2, 0) is 4.79 Å². The van der Waals surface area contributed by atoms with Crippen LogP contribution >= 0.6 is 0 Å².